The molecule has 32 heavy (non-hydrogen) atoms. The number of halogens is 3. The van der Waals surface area contributed by atoms with Crippen molar-refractivity contribution in [1.29, 1.82) is 0 Å². The number of hydrogen-bond donors (Lipinski definition) is 0. The van der Waals surface area contributed by atoms with Gasteiger partial charge in [-0.25, -0.2) is 9.98 Å². The van der Waals surface area contributed by atoms with Crippen LogP contribution >= 0.6 is 0 Å². The van der Waals surface area contributed by atoms with E-state index in [4.69, 9.17) is 0 Å². The van der Waals surface area contributed by atoms with Gasteiger partial charge in [0.15, 0.2) is 0 Å². The Morgan fingerprint density at radius 2 is 1.84 bits per heavy atom. The number of aromatic nitrogens is 1. The van der Waals surface area contributed by atoms with Crippen molar-refractivity contribution in [2.24, 2.45) is 4.99 Å². The summed E-state index contributed by atoms with van der Waals surface area (Å²) in [7, 11) is -5.75. The van der Waals surface area contributed by atoms with Gasteiger partial charge in [0, 0.05) is 18.1 Å². The molecule has 0 saturated heterocycles. The van der Waals surface area contributed by atoms with Gasteiger partial charge in [0.05, 0.1) is 0 Å². The molecule has 166 valence electrons. The van der Waals surface area contributed by atoms with Crippen LogP contribution in [0.25, 0.3) is 10.8 Å². The van der Waals surface area contributed by atoms with Crippen LogP contribution in [0.3, 0.4) is 0 Å². The Labute approximate surface area is 183 Å². The molecule has 0 saturated carbocycles. The maximum Gasteiger partial charge on any atom is 0.534 e. The summed E-state index contributed by atoms with van der Waals surface area (Å²) < 4.78 is 64.5. The molecule has 0 N–H and O–H groups in total. The van der Waals surface area contributed by atoms with Gasteiger partial charge in [-0.1, -0.05) is 30.9 Å². The van der Waals surface area contributed by atoms with E-state index in [1.807, 2.05) is 13.0 Å². The first-order chi connectivity index (χ1) is 15.2. The highest BCUT2D eigenvalue weighted by Crippen LogP contribution is 2.33. The van der Waals surface area contributed by atoms with Crippen molar-refractivity contribution in [1.82, 2.24) is 4.98 Å². The average Bonchev–Trinajstić information content (AvgIpc) is 2.76. The smallest absolute Gasteiger partial charge is 0.376 e. The van der Waals surface area contributed by atoms with Gasteiger partial charge < -0.3 is 4.18 Å². The molecular weight excluding hydrogens is 443 g/mol. The summed E-state index contributed by atoms with van der Waals surface area (Å²) in [5.41, 5.74) is -4.83. The molecule has 0 spiro atoms. The number of nitrogens with zero attached hydrogens (tertiary/aromatic N) is 3. The molecule has 0 radical (unpaired) electrons. The average molecular weight is 461 g/mol. The number of aliphatic imine (C=N–C) groups is 1. The first-order valence-corrected chi connectivity index (χ1v) is 10.6. The molecule has 0 amide bonds. The van der Waals surface area contributed by atoms with Crippen molar-refractivity contribution in [3.63, 3.8) is 0 Å². The Morgan fingerprint density at radius 3 is 2.47 bits per heavy atom. The van der Waals surface area contributed by atoms with Crippen molar-refractivity contribution in [3.8, 4) is 5.75 Å². The van der Waals surface area contributed by atoms with Crippen LogP contribution < -0.4 is 9.08 Å². The number of anilines is 2. The SMILES string of the molecule is C=CC=N/C(=C\C)N(c1ccc2cc(OS(=O)(=O)C(F)(F)F)ccc2c1)c1ccccn1. The summed E-state index contributed by atoms with van der Waals surface area (Å²) in [4.78, 5) is 10.6. The Hall–Kier alpha value is -3.66. The van der Waals surface area contributed by atoms with Crippen LogP contribution in [-0.2, 0) is 10.1 Å². The lowest BCUT2D eigenvalue weighted by Gasteiger charge is -2.24. The van der Waals surface area contributed by atoms with E-state index in [-0.39, 0.29) is 0 Å². The normalized spacial score (nSPS) is 12.8. The maximum atomic E-state index is 12.6. The fraction of sp³-hybridized carbons (Fsp3) is 0.0909. The number of hydrogen-bond acceptors (Lipinski definition) is 6. The molecule has 6 nitrogen and oxygen atoms in total. The second-order valence-electron chi connectivity index (χ2n) is 6.36. The molecular formula is C22H18F3N3O3S. The minimum Gasteiger partial charge on any atom is -0.376 e. The number of alkyl halides is 3. The van der Waals surface area contributed by atoms with Crippen LogP contribution in [0.15, 0.2) is 90.3 Å². The number of rotatable bonds is 7. The molecule has 0 aliphatic heterocycles. The summed E-state index contributed by atoms with van der Waals surface area (Å²) in [6.07, 6.45) is 6.50. The van der Waals surface area contributed by atoms with Gasteiger partial charge in [0.1, 0.15) is 17.4 Å². The molecule has 10 heteroatoms. The van der Waals surface area contributed by atoms with E-state index in [2.05, 4.69) is 20.7 Å². The molecule has 3 rings (SSSR count). The van der Waals surface area contributed by atoms with Gasteiger partial charge in [-0.05, 0) is 60.2 Å². The Morgan fingerprint density at radius 1 is 1.12 bits per heavy atom. The molecule has 0 fully saturated rings. The molecule has 3 aromatic rings. The lowest BCUT2D eigenvalue weighted by atomic mass is 10.1. The predicted octanol–water partition coefficient (Wildman–Crippen LogP) is 5.72. The second-order valence-corrected chi connectivity index (χ2v) is 7.90. The quantitative estimate of drug-likeness (QED) is 0.256. The Kier molecular flexibility index (Phi) is 6.64. The van der Waals surface area contributed by atoms with Gasteiger partial charge in [-0.3, -0.25) is 4.90 Å². The Balaban J connectivity index is 2.05. The van der Waals surface area contributed by atoms with Crippen LogP contribution in [0.1, 0.15) is 6.92 Å². The standard InChI is InChI=1S/C22H18F3N3O3S/c1-3-12-26-20(4-2)28(21-7-5-6-13-27-21)18-10-8-17-15-19(11-9-16(17)14-18)31-32(29,30)22(23,24)25/h3-15H,1H2,2H3/b20-4+,26-12?. The first kappa shape index (κ1) is 23.0. The molecule has 2 aromatic carbocycles. The highest BCUT2D eigenvalue weighted by Gasteiger charge is 2.48. The van der Waals surface area contributed by atoms with Crippen molar-refractivity contribution < 1.29 is 25.8 Å². The first-order valence-electron chi connectivity index (χ1n) is 9.23. The van der Waals surface area contributed by atoms with Crippen LogP contribution in [-0.4, -0.2) is 25.1 Å². The highest BCUT2D eigenvalue weighted by atomic mass is 32.2. The lowest BCUT2D eigenvalue weighted by Crippen LogP contribution is -2.28. The molecule has 0 atom stereocenters. The molecule has 0 bridgehead atoms. The molecule has 0 unspecified atom stereocenters. The summed E-state index contributed by atoms with van der Waals surface area (Å²) in [5, 5.41) is 1.13. The van der Waals surface area contributed by atoms with Gasteiger partial charge in [-0.15, -0.1) is 0 Å². The topological polar surface area (TPSA) is 71.9 Å². The van der Waals surface area contributed by atoms with Crippen molar-refractivity contribution in [2.75, 3.05) is 4.90 Å². The third kappa shape index (κ3) is 4.97. The third-order valence-electron chi connectivity index (χ3n) is 4.22. The zero-order chi connectivity index (χ0) is 23.4. The number of allylic oxidation sites excluding steroid dienone is 2. The monoisotopic (exact) mass is 461 g/mol. The minimum absolute atomic E-state index is 0.436. The second kappa shape index (κ2) is 9.23. The van der Waals surface area contributed by atoms with E-state index in [0.29, 0.717) is 28.1 Å². The predicted molar refractivity (Wildman–Crippen MR) is 118 cm³/mol. The Bertz CT molecular complexity index is 1290. The zero-order valence-corrected chi connectivity index (χ0v) is 17.6. The van der Waals surface area contributed by atoms with Gasteiger partial charge in [0.2, 0.25) is 0 Å². The van der Waals surface area contributed by atoms with Gasteiger partial charge in [-0.2, -0.15) is 21.6 Å². The van der Waals surface area contributed by atoms with Gasteiger partial charge >= 0.3 is 15.6 Å². The molecule has 1 aromatic heterocycles. The van der Waals surface area contributed by atoms with E-state index in [9.17, 15) is 21.6 Å². The lowest BCUT2D eigenvalue weighted by molar-refractivity contribution is -0.0500. The summed E-state index contributed by atoms with van der Waals surface area (Å²) in [6.45, 7) is 5.44. The fourth-order valence-electron chi connectivity index (χ4n) is 2.83. The molecule has 1 heterocycles. The fourth-order valence-corrected chi connectivity index (χ4v) is 3.29. The van der Waals surface area contributed by atoms with E-state index in [1.54, 1.807) is 47.5 Å². The zero-order valence-electron chi connectivity index (χ0n) is 16.8. The van der Waals surface area contributed by atoms with Crippen LogP contribution in [0.2, 0.25) is 0 Å². The highest BCUT2D eigenvalue weighted by molar-refractivity contribution is 7.88. The largest absolute Gasteiger partial charge is 0.534 e. The van der Waals surface area contributed by atoms with E-state index >= 15 is 0 Å². The summed E-state index contributed by atoms with van der Waals surface area (Å²) in [5.74, 6) is 0.727. The van der Waals surface area contributed by atoms with E-state index < -0.39 is 21.4 Å². The van der Waals surface area contributed by atoms with Crippen molar-refractivity contribution >= 4 is 38.6 Å². The van der Waals surface area contributed by atoms with Crippen LogP contribution in [0.5, 0.6) is 5.75 Å². The van der Waals surface area contributed by atoms with E-state index in [1.165, 1.54) is 24.4 Å². The maximum absolute atomic E-state index is 12.6. The number of fused-ring (bicyclic) bond motifs is 1. The molecule has 0 aliphatic carbocycles. The number of benzene rings is 2. The van der Waals surface area contributed by atoms with Crippen molar-refractivity contribution in [2.45, 2.75) is 12.4 Å². The molecule has 0 aliphatic rings. The third-order valence-corrected chi connectivity index (χ3v) is 5.20. The van der Waals surface area contributed by atoms with Crippen molar-refractivity contribution in [3.05, 3.63) is 85.3 Å². The van der Waals surface area contributed by atoms with Crippen LogP contribution in [0.4, 0.5) is 24.7 Å². The number of pyridine rings is 1. The summed E-state index contributed by atoms with van der Waals surface area (Å²) in [6, 6.07) is 14.4. The summed E-state index contributed by atoms with van der Waals surface area (Å²) >= 11 is 0. The minimum atomic E-state index is -5.75. The van der Waals surface area contributed by atoms with Crippen LogP contribution in [0, 0.1) is 0 Å². The van der Waals surface area contributed by atoms with Gasteiger partial charge in [0.25, 0.3) is 0 Å². The van der Waals surface area contributed by atoms with E-state index in [0.717, 1.165) is 6.07 Å².